The van der Waals surface area contributed by atoms with Crippen LogP contribution in [-0.2, 0) is 63.5 Å². The summed E-state index contributed by atoms with van der Waals surface area (Å²) in [4.78, 5) is 103. The minimum atomic E-state index is -4.35. The molecule has 3 aliphatic heterocycles. The van der Waals surface area contributed by atoms with E-state index in [1.54, 1.807) is 36.4 Å². The standard InChI is InChI=1S/C15H12N2O7S.C10H9NO3S.C9H8N2O7/c18-13-6-7-14(19)17(13)24-15(20)16-12-3-1-2-9-8-10(25(21,22)23)4-5-11(9)12;11-10-3-1-2-7-6-8(15(12,13)14)4-5-9(7)10;12-5-1-2-6(13)10(5)17-9(16)18-11-7(14)3-4-8(11)15/h1-5,8H,6-7H2,(H,16,20)(H,21,22,23);1-6H,11H2,(H,12,13,14);1-4H2. The summed E-state index contributed by atoms with van der Waals surface area (Å²) < 4.78 is 62.1. The second-order valence-corrected chi connectivity index (χ2v) is 14.9. The Balaban J connectivity index is 0.000000172. The van der Waals surface area contributed by atoms with E-state index in [0.29, 0.717) is 26.9 Å². The number of benzene rings is 4. The zero-order chi connectivity index (χ0) is 42.5. The molecule has 5 N–H and O–H groups in total. The van der Waals surface area contributed by atoms with Crippen molar-refractivity contribution in [2.75, 3.05) is 11.1 Å². The number of carbonyl (C=O) groups excluding carboxylic acids is 8. The van der Waals surface area contributed by atoms with Crippen molar-refractivity contribution in [2.24, 2.45) is 0 Å². The van der Waals surface area contributed by atoms with E-state index in [4.69, 9.17) is 19.7 Å². The van der Waals surface area contributed by atoms with Crippen LogP contribution in [-0.4, -0.2) is 88.8 Å². The third kappa shape index (κ3) is 10.0. The van der Waals surface area contributed by atoms with Gasteiger partial charge < -0.3 is 10.6 Å². The van der Waals surface area contributed by atoms with Crippen molar-refractivity contribution in [3.63, 3.8) is 0 Å². The average molecular weight is 844 g/mol. The predicted molar refractivity (Wildman–Crippen MR) is 193 cm³/mol. The lowest BCUT2D eigenvalue weighted by Crippen LogP contribution is -2.37. The molecule has 22 nitrogen and oxygen atoms in total. The van der Waals surface area contributed by atoms with Crippen molar-refractivity contribution < 1.29 is 78.8 Å². The van der Waals surface area contributed by atoms with E-state index >= 15 is 0 Å². The number of fused-ring (bicyclic) bond motifs is 2. The quantitative estimate of drug-likeness (QED) is 0.123. The number of hydrogen-bond acceptors (Lipinski definition) is 16. The van der Waals surface area contributed by atoms with Crippen LogP contribution in [0.2, 0.25) is 0 Å². The number of nitrogens with one attached hydrogen (secondary N) is 1. The molecule has 0 radical (unpaired) electrons. The molecule has 24 heteroatoms. The summed E-state index contributed by atoms with van der Waals surface area (Å²) in [6.07, 6.45) is -2.79. The first-order valence-electron chi connectivity index (χ1n) is 16.4. The Bertz CT molecular complexity index is 2540. The fraction of sp³-hybridized carbons (Fsp3) is 0.176. The molecule has 4 aromatic carbocycles. The maximum atomic E-state index is 11.9. The summed E-state index contributed by atoms with van der Waals surface area (Å²) in [5.74, 6) is -3.94. The van der Waals surface area contributed by atoms with Crippen LogP contribution in [0.15, 0.2) is 82.6 Å². The molecule has 304 valence electrons. The number of amides is 7. The predicted octanol–water partition coefficient (Wildman–Crippen LogP) is 2.64. The van der Waals surface area contributed by atoms with Gasteiger partial charge in [0.2, 0.25) is 0 Å². The highest BCUT2D eigenvalue weighted by atomic mass is 32.2. The van der Waals surface area contributed by atoms with Gasteiger partial charge in [-0.05, 0) is 47.2 Å². The minimum absolute atomic E-state index is 0.0151. The Kier molecular flexibility index (Phi) is 12.3. The molecule has 3 saturated heterocycles. The van der Waals surface area contributed by atoms with Crippen molar-refractivity contribution in [1.29, 1.82) is 0 Å². The maximum absolute atomic E-state index is 11.9. The third-order valence-electron chi connectivity index (χ3n) is 8.09. The van der Waals surface area contributed by atoms with Crippen LogP contribution in [0.4, 0.5) is 21.0 Å². The van der Waals surface area contributed by atoms with E-state index in [0.717, 1.165) is 5.39 Å². The maximum Gasteiger partial charge on any atom is 0.560 e. The zero-order valence-electron chi connectivity index (χ0n) is 29.4. The minimum Gasteiger partial charge on any atom is -0.398 e. The molecule has 7 rings (SSSR count). The van der Waals surface area contributed by atoms with E-state index in [9.17, 15) is 55.2 Å². The lowest BCUT2D eigenvalue weighted by atomic mass is 10.1. The molecule has 0 unspecified atom stereocenters. The lowest BCUT2D eigenvalue weighted by Gasteiger charge is -2.15. The Morgan fingerprint density at radius 1 is 0.552 bits per heavy atom. The van der Waals surface area contributed by atoms with Crippen molar-refractivity contribution in [2.45, 2.75) is 48.3 Å². The summed E-state index contributed by atoms with van der Waals surface area (Å²) in [5.41, 5.74) is 6.56. The normalized spacial score (nSPS) is 15.6. The molecule has 0 aliphatic carbocycles. The molecule has 0 aromatic heterocycles. The number of nitrogen functional groups attached to an aromatic ring is 1. The van der Waals surface area contributed by atoms with E-state index in [1.165, 1.54) is 36.4 Å². The Morgan fingerprint density at radius 2 is 0.931 bits per heavy atom. The summed E-state index contributed by atoms with van der Waals surface area (Å²) >= 11 is 0. The fourth-order valence-electron chi connectivity index (χ4n) is 5.33. The summed E-state index contributed by atoms with van der Waals surface area (Å²) in [6, 6.07) is 18.0. The van der Waals surface area contributed by atoms with E-state index in [-0.39, 0.29) is 64.1 Å². The summed E-state index contributed by atoms with van der Waals surface area (Å²) in [5, 5.41) is 5.70. The van der Waals surface area contributed by atoms with Gasteiger partial charge in [0.25, 0.3) is 55.7 Å². The molecule has 3 heterocycles. The highest BCUT2D eigenvalue weighted by Gasteiger charge is 2.38. The van der Waals surface area contributed by atoms with Gasteiger partial charge in [-0.25, -0.2) is 4.79 Å². The average Bonchev–Trinajstić information content (AvgIpc) is 3.77. The number of nitrogens with zero attached hydrogens (tertiary/aromatic N) is 3. The van der Waals surface area contributed by atoms with Gasteiger partial charge in [-0.3, -0.25) is 52.9 Å². The van der Waals surface area contributed by atoms with Gasteiger partial charge in [0, 0.05) is 55.0 Å². The first-order chi connectivity index (χ1) is 27.2. The van der Waals surface area contributed by atoms with E-state index in [2.05, 4.69) is 15.0 Å². The third-order valence-corrected chi connectivity index (χ3v) is 9.79. The van der Waals surface area contributed by atoms with E-state index in [1.807, 2.05) is 0 Å². The topological polar surface area (TPSA) is 321 Å². The van der Waals surface area contributed by atoms with Crippen LogP contribution in [0.5, 0.6) is 0 Å². The van der Waals surface area contributed by atoms with Gasteiger partial charge in [0.1, 0.15) is 0 Å². The van der Waals surface area contributed by atoms with Gasteiger partial charge in [-0.2, -0.15) is 21.6 Å². The SMILES string of the molecule is Nc1cccc2cc(S(=O)(=O)O)ccc12.O=C(Nc1cccc2cc(S(=O)(=O)O)ccc12)ON1C(=O)CCC1=O.O=C(ON1C(=O)CCC1=O)ON1C(=O)CCC1=O. The smallest absolute Gasteiger partial charge is 0.398 e. The van der Waals surface area contributed by atoms with Crippen LogP contribution in [0.25, 0.3) is 21.5 Å². The van der Waals surface area contributed by atoms with Gasteiger partial charge in [0.15, 0.2) is 0 Å². The van der Waals surface area contributed by atoms with Crippen molar-refractivity contribution in [3.8, 4) is 0 Å². The van der Waals surface area contributed by atoms with Crippen LogP contribution in [0, 0.1) is 0 Å². The van der Waals surface area contributed by atoms with Gasteiger partial charge in [-0.15, -0.1) is 5.06 Å². The van der Waals surface area contributed by atoms with Crippen molar-refractivity contribution in [1.82, 2.24) is 15.2 Å². The summed E-state index contributed by atoms with van der Waals surface area (Å²) in [6.45, 7) is 0. The lowest BCUT2D eigenvalue weighted by molar-refractivity contribution is -0.198. The van der Waals surface area contributed by atoms with Crippen LogP contribution in [0.1, 0.15) is 38.5 Å². The molecule has 58 heavy (non-hydrogen) atoms. The molecule has 0 atom stereocenters. The summed E-state index contributed by atoms with van der Waals surface area (Å²) in [7, 11) is -8.50. The highest BCUT2D eigenvalue weighted by Crippen LogP contribution is 2.27. The Labute approximate surface area is 326 Å². The first kappa shape index (κ1) is 42.1. The number of hydrogen-bond donors (Lipinski definition) is 4. The first-order valence-corrected chi connectivity index (χ1v) is 19.3. The monoisotopic (exact) mass is 843 g/mol. The molecule has 3 fully saturated rings. The molecule has 4 aromatic rings. The van der Waals surface area contributed by atoms with Gasteiger partial charge in [0.05, 0.1) is 15.5 Å². The number of imide groups is 3. The largest absolute Gasteiger partial charge is 0.560 e. The fourth-order valence-corrected chi connectivity index (χ4v) is 6.37. The van der Waals surface area contributed by atoms with Gasteiger partial charge in [-0.1, -0.05) is 46.5 Å². The molecule has 0 saturated carbocycles. The van der Waals surface area contributed by atoms with Crippen LogP contribution >= 0.6 is 0 Å². The van der Waals surface area contributed by atoms with Gasteiger partial charge >= 0.3 is 12.2 Å². The van der Waals surface area contributed by atoms with Crippen molar-refractivity contribution >= 4 is 101 Å². The molecule has 7 amide bonds. The zero-order valence-corrected chi connectivity index (χ0v) is 31.1. The number of anilines is 2. The Hall–Kier alpha value is -7.02. The number of nitrogens with two attached hydrogens (primary N) is 1. The molecular weight excluding hydrogens is 815 g/mol. The van der Waals surface area contributed by atoms with Crippen LogP contribution < -0.4 is 11.1 Å². The van der Waals surface area contributed by atoms with Crippen LogP contribution in [0.3, 0.4) is 0 Å². The number of carbonyl (C=O) groups is 8. The number of hydroxylamine groups is 6. The highest BCUT2D eigenvalue weighted by molar-refractivity contribution is 7.86. The van der Waals surface area contributed by atoms with Crippen molar-refractivity contribution in [3.05, 3.63) is 72.8 Å². The number of rotatable bonds is 6. The van der Waals surface area contributed by atoms with E-state index < -0.39 is 67.9 Å². The molecule has 0 bridgehead atoms. The molecule has 3 aliphatic rings. The molecular formula is C34H29N5O17S2. The second-order valence-electron chi connectivity index (χ2n) is 12.1. The molecule has 0 spiro atoms. The Morgan fingerprint density at radius 3 is 1.36 bits per heavy atom. The second kappa shape index (κ2) is 17.0.